The predicted octanol–water partition coefficient (Wildman–Crippen LogP) is 2.50. The van der Waals surface area contributed by atoms with Gasteiger partial charge in [-0.15, -0.1) is 11.6 Å². The van der Waals surface area contributed by atoms with E-state index in [9.17, 15) is 8.42 Å². The van der Waals surface area contributed by atoms with E-state index in [-0.39, 0.29) is 17.7 Å². The highest BCUT2D eigenvalue weighted by Crippen LogP contribution is 2.25. The summed E-state index contributed by atoms with van der Waals surface area (Å²) in [6.07, 6.45) is 7.32. The summed E-state index contributed by atoms with van der Waals surface area (Å²) in [5.41, 5.74) is 0. The summed E-state index contributed by atoms with van der Waals surface area (Å²) in [4.78, 5) is 0. The highest BCUT2D eigenvalue weighted by Gasteiger charge is 2.22. The summed E-state index contributed by atoms with van der Waals surface area (Å²) in [6.45, 7) is 1.97. The fourth-order valence-electron chi connectivity index (χ4n) is 2.35. The monoisotopic (exact) mass is 267 g/mol. The van der Waals surface area contributed by atoms with Crippen molar-refractivity contribution in [3.05, 3.63) is 0 Å². The molecule has 1 saturated carbocycles. The molecule has 0 bridgehead atoms. The summed E-state index contributed by atoms with van der Waals surface area (Å²) < 4.78 is 25.9. The van der Waals surface area contributed by atoms with Gasteiger partial charge in [-0.3, -0.25) is 0 Å². The van der Waals surface area contributed by atoms with E-state index in [0.29, 0.717) is 5.92 Å². The van der Waals surface area contributed by atoms with E-state index < -0.39 is 10.0 Å². The van der Waals surface area contributed by atoms with Crippen molar-refractivity contribution in [3.8, 4) is 0 Å². The fraction of sp³-hybridized carbons (Fsp3) is 1.00. The van der Waals surface area contributed by atoms with Crippen LogP contribution in [-0.4, -0.2) is 26.1 Å². The second kappa shape index (κ2) is 6.82. The summed E-state index contributed by atoms with van der Waals surface area (Å²) >= 11 is 5.46. The SMILES string of the molecule is C[C@@H](NS(=O)(=O)CCCl)C1CCCCCC1. The number of rotatable bonds is 5. The zero-order valence-electron chi connectivity index (χ0n) is 9.91. The molecule has 1 aliphatic rings. The van der Waals surface area contributed by atoms with Gasteiger partial charge in [0, 0.05) is 11.9 Å². The van der Waals surface area contributed by atoms with E-state index in [1.54, 1.807) is 0 Å². The van der Waals surface area contributed by atoms with Crippen LogP contribution in [0.2, 0.25) is 0 Å². The number of hydrogen-bond acceptors (Lipinski definition) is 2. The molecule has 1 N–H and O–H groups in total. The first-order valence-corrected chi connectivity index (χ1v) is 8.30. The van der Waals surface area contributed by atoms with E-state index in [4.69, 9.17) is 11.6 Å². The molecule has 5 heteroatoms. The number of hydrogen-bond donors (Lipinski definition) is 1. The largest absolute Gasteiger partial charge is 0.213 e. The molecule has 96 valence electrons. The summed E-state index contributed by atoms with van der Waals surface area (Å²) in [5.74, 6) is 0.672. The molecule has 0 aromatic rings. The molecule has 0 spiro atoms. The first-order chi connectivity index (χ1) is 7.55. The van der Waals surface area contributed by atoms with Crippen LogP contribution in [0.25, 0.3) is 0 Å². The third-order valence-electron chi connectivity index (χ3n) is 3.32. The Labute approximate surface area is 104 Å². The van der Waals surface area contributed by atoms with Crippen LogP contribution < -0.4 is 4.72 Å². The van der Waals surface area contributed by atoms with Gasteiger partial charge < -0.3 is 0 Å². The smallest absolute Gasteiger partial charge is 0.212 e. The standard InChI is InChI=1S/C11H22ClNO2S/c1-10(13-16(14,15)9-8-12)11-6-4-2-3-5-7-11/h10-11,13H,2-9H2,1H3/t10-/m1/s1. The third kappa shape index (κ3) is 5.02. The maximum absolute atomic E-state index is 11.6. The lowest BCUT2D eigenvalue weighted by Gasteiger charge is -2.23. The summed E-state index contributed by atoms with van der Waals surface area (Å²) in [6, 6.07) is 0.0475. The van der Waals surface area contributed by atoms with Crippen molar-refractivity contribution in [2.75, 3.05) is 11.6 Å². The van der Waals surface area contributed by atoms with Crippen LogP contribution in [0.4, 0.5) is 0 Å². The minimum Gasteiger partial charge on any atom is -0.212 e. The van der Waals surface area contributed by atoms with Crippen molar-refractivity contribution < 1.29 is 8.42 Å². The predicted molar refractivity (Wildman–Crippen MR) is 68.3 cm³/mol. The fourth-order valence-corrected chi connectivity index (χ4v) is 4.04. The van der Waals surface area contributed by atoms with Crippen molar-refractivity contribution in [1.29, 1.82) is 0 Å². The zero-order valence-corrected chi connectivity index (χ0v) is 11.5. The maximum atomic E-state index is 11.6. The van der Waals surface area contributed by atoms with Crippen molar-refractivity contribution in [2.24, 2.45) is 5.92 Å². The van der Waals surface area contributed by atoms with Gasteiger partial charge in [0.05, 0.1) is 5.75 Å². The molecular formula is C11H22ClNO2S. The van der Waals surface area contributed by atoms with Crippen molar-refractivity contribution in [2.45, 2.75) is 51.5 Å². The maximum Gasteiger partial charge on any atom is 0.213 e. The first kappa shape index (κ1) is 14.3. The van der Waals surface area contributed by atoms with Gasteiger partial charge in [-0.1, -0.05) is 25.7 Å². The number of nitrogens with one attached hydrogen (secondary N) is 1. The molecule has 0 aromatic heterocycles. The van der Waals surface area contributed by atoms with Crippen molar-refractivity contribution in [1.82, 2.24) is 4.72 Å². The average Bonchev–Trinajstić information content (AvgIpc) is 2.44. The zero-order chi connectivity index (χ0) is 12.0. The van der Waals surface area contributed by atoms with Crippen LogP contribution >= 0.6 is 11.6 Å². The number of sulfonamides is 1. The van der Waals surface area contributed by atoms with Crippen LogP contribution in [0.3, 0.4) is 0 Å². The van der Waals surface area contributed by atoms with Crippen LogP contribution in [0.5, 0.6) is 0 Å². The van der Waals surface area contributed by atoms with E-state index >= 15 is 0 Å². The van der Waals surface area contributed by atoms with E-state index in [1.807, 2.05) is 6.92 Å². The molecule has 1 rings (SSSR count). The van der Waals surface area contributed by atoms with Crippen molar-refractivity contribution in [3.63, 3.8) is 0 Å². The topological polar surface area (TPSA) is 46.2 Å². The van der Waals surface area contributed by atoms with Gasteiger partial charge in [-0.2, -0.15) is 0 Å². The summed E-state index contributed by atoms with van der Waals surface area (Å²) in [5, 5.41) is 0. The lowest BCUT2D eigenvalue weighted by Crippen LogP contribution is -2.39. The van der Waals surface area contributed by atoms with Crippen LogP contribution in [-0.2, 0) is 10.0 Å². The molecule has 0 radical (unpaired) electrons. The van der Waals surface area contributed by atoms with Gasteiger partial charge in [0.1, 0.15) is 0 Å². The molecule has 0 amide bonds. The molecule has 1 atom stereocenters. The lowest BCUT2D eigenvalue weighted by atomic mass is 9.94. The molecule has 1 fully saturated rings. The second-order valence-corrected chi connectivity index (χ2v) is 6.92. The van der Waals surface area contributed by atoms with Crippen LogP contribution in [0.15, 0.2) is 0 Å². The highest BCUT2D eigenvalue weighted by molar-refractivity contribution is 7.89. The lowest BCUT2D eigenvalue weighted by molar-refractivity contribution is 0.371. The molecule has 0 aliphatic heterocycles. The minimum atomic E-state index is -3.17. The Hall–Kier alpha value is 0.200. The Morgan fingerprint density at radius 1 is 1.25 bits per heavy atom. The van der Waals surface area contributed by atoms with E-state index in [0.717, 1.165) is 12.8 Å². The van der Waals surface area contributed by atoms with Gasteiger partial charge in [-0.25, -0.2) is 13.1 Å². The van der Waals surface area contributed by atoms with E-state index in [2.05, 4.69) is 4.72 Å². The average molecular weight is 268 g/mol. The van der Waals surface area contributed by atoms with E-state index in [1.165, 1.54) is 25.7 Å². The molecule has 1 aliphatic carbocycles. The first-order valence-electron chi connectivity index (χ1n) is 6.11. The molecular weight excluding hydrogens is 246 g/mol. The number of alkyl halides is 1. The Morgan fingerprint density at radius 3 is 2.31 bits per heavy atom. The van der Waals surface area contributed by atoms with Gasteiger partial charge in [0.15, 0.2) is 0 Å². The number of halogens is 1. The molecule has 0 aromatic carbocycles. The van der Waals surface area contributed by atoms with Crippen LogP contribution in [0.1, 0.15) is 45.4 Å². The molecule has 16 heavy (non-hydrogen) atoms. The Kier molecular flexibility index (Phi) is 6.08. The van der Waals surface area contributed by atoms with Crippen LogP contribution in [0, 0.1) is 5.92 Å². The molecule has 3 nitrogen and oxygen atoms in total. The normalized spacial score (nSPS) is 21.6. The Balaban J connectivity index is 2.46. The van der Waals surface area contributed by atoms with Gasteiger partial charge in [0.25, 0.3) is 0 Å². The molecule has 0 unspecified atom stereocenters. The minimum absolute atomic E-state index is 0.0195. The Morgan fingerprint density at radius 2 is 1.81 bits per heavy atom. The molecule has 0 heterocycles. The quantitative estimate of drug-likeness (QED) is 0.615. The summed E-state index contributed by atoms with van der Waals surface area (Å²) in [7, 11) is -3.17. The van der Waals surface area contributed by atoms with Gasteiger partial charge in [0.2, 0.25) is 10.0 Å². The second-order valence-electron chi connectivity index (χ2n) is 4.67. The highest BCUT2D eigenvalue weighted by atomic mass is 35.5. The van der Waals surface area contributed by atoms with Crippen molar-refractivity contribution >= 4 is 21.6 Å². The van der Waals surface area contributed by atoms with Gasteiger partial charge in [-0.05, 0) is 25.7 Å². The van der Waals surface area contributed by atoms with Gasteiger partial charge >= 0.3 is 0 Å². The third-order valence-corrected chi connectivity index (χ3v) is 5.20. The Bertz CT molecular complexity index is 284. The molecule has 0 saturated heterocycles.